The van der Waals surface area contributed by atoms with E-state index in [1.807, 2.05) is 13.8 Å². The van der Waals surface area contributed by atoms with Crippen LogP contribution in [0.3, 0.4) is 0 Å². The molecule has 0 radical (unpaired) electrons. The van der Waals surface area contributed by atoms with E-state index in [9.17, 15) is 9.90 Å². The summed E-state index contributed by atoms with van der Waals surface area (Å²) in [4.78, 5) is 11.3. The maximum atomic E-state index is 11.3. The second-order valence-corrected chi connectivity index (χ2v) is 4.12. The van der Waals surface area contributed by atoms with Crippen molar-refractivity contribution in [1.29, 1.82) is 0 Å². The third kappa shape index (κ3) is 2.53. The molecule has 6 heteroatoms. The smallest absolute Gasteiger partial charge is 0.373 e. The summed E-state index contributed by atoms with van der Waals surface area (Å²) in [6, 6.07) is 4.82. The largest absolute Gasteiger partial charge is 0.463 e. The Morgan fingerprint density at radius 1 is 1.58 bits per heavy atom. The van der Waals surface area contributed by atoms with Crippen molar-refractivity contribution in [3.8, 4) is 0 Å². The number of carbonyl (C=O) groups is 1. The van der Waals surface area contributed by atoms with Crippen molar-refractivity contribution in [2.45, 2.75) is 26.5 Å². The van der Waals surface area contributed by atoms with Crippen LogP contribution in [0.5, 0.6) is 0 Å². The summed E-state index contributed by atoms with van der Waals surface area (Å²) in [6.07, 6.45) is -0.959. The fraction of sp³-hybridized carbons (Fsp3) is 0.385. The summed E-state index contributed by atoms with van der Waals surface area (Å²) >= 11 is 0. The van der Waals surface area contributed by atoms with Gasteiger partial charge in [0.05, 0.1) is 18.5 Å². The standard InChI is InChI=1S/C13H16N2O4/c1-4-15-9(7-8(2)14-15)12(16)10-5-6-11(19-10)13(17)18-3/h5-7,12,16H,4H2,1-3H3. The van der Waals surface area contributed by atoms with Gasteiger partial charge in [-0.1, -0.05) is 0 Å². The summed E-state index contributed by atoms with van der Waals surface area (Å²) in [7, 11) is 1.27. The maximum absolute atomic E-state index is 11.3. The predicted molar refractivity (Wildman–Crippen MR) is 66.7 cm³/mol. The number of aliphatic hydroxyl groups excluding tert-OH is 1. The Balaban J connectivity index is 2.30. The normalized spacial score (nSPS) is 12.4. The summed E-state index contributed by atoms with van der Waals surface area (Å²) in [5.41, 5.74) is 1.45. The topological polar surface area (TPSA) is 77.5 Å². The Hall–Kier alpha value is -2.08. The summed E-state index contributed by atoms with van der Waals surface area (Å²) in [5, 5.41) is 14.5. The lowest BCUT2D eigenvalue weighted by atomic mass is 10.2. The van der Waals surface area contributed by atoms with E-state index in [0.717, 1.165) is 5.69 Å². The average molecular weight is 264 g/mol. The molecule has 0 spiro atoms. The highest BCUT2D eigenvalue weighted by Crippen LogP contribution is 2.24. The fourth-order valence-electron chi connectivity index (χ4n) is 1.89. The number of hydrogen-bond acceptors (Lipinski definition) is 5. The third-order valence-corrected chi connectivity index (χ3v) is 2.80. The van der Waals surface area contributed by atoms with Gasteiger partial charge in [0.1, 0.15) is 5.76 Å². The quantitative estimate of drug-likeness (QED) is 0.850. The van der Waals surface area contributed by atoms with Crippen LogP contribution in [0.25, 0.3) is 0 Å². The number of methoxy groups -OCH3 is 1. The lowest BCUT2D eigenvalue weighted by molar-refractivity contribution is 0.0557. The number of aromatic nitrogens is 2. The number of hydrogen-bond donors (Lipinski definition) is 1. The Kier molecular flexibility index (Phi) is 3.71. The van der Waals surface area contributed by atoms with Gasteiger partial charge in [-0.2, -0.15) is 5.10 Å². The number of nitrogens with zero attached hydrogens (tertiary/aromatic N) is 2. The number of esters is 1. The first-order chi connectivity index (χ1) is 9.06. The molecule has 19 heavy (non-hydrogen) atoms. The van der Waals surface area contributed by atoms with Crippen LogP contribution in [-0.4, -0.2) is 28.0 Å². The molecular formula is C13H16N2O4. The minimum atomic E-state index is -0.959. The second-order valence-electron chi connectivity index (χ2n) is 4.12. The van der Waals surface area contributed by atoms with Crippen LogP contribution in [0.1, 0.15) is 40.7 Å². The monoisotopic (exact) mass is 264 g/mol. The van der Waals surface area contributed by atoms with Gasteiger partial charge in [-0.15, -0.1) is 0 Å². The van der Waals surface area contributed by atoms with Crippen molar-refractivity contribution in [2.75, 3.05) is 7.11 Å². The summed E-state index contributed by atoms with van der Waals surface area (Å²) < 4.78 is 11.5. The third-order valence-electron chi connectivity index (χ3n) is 2.80. The Morgan fingerprint density at radius 2 is 2.32 bits per heavy atom. The van der Waals surface area contributed by atoms with Crippen LogP contribution in [0, 0.1) is 6.92 Å². The molecule has 2 rings (SSSR count). The zero-order valence-electron chi connectivity index (χ0n) is 11.1. The predicted octanol–water partition coefficient (Wildman–Crippen LogP) is 1.67. The van der Waals surface area contributed by atoms with Crippen LogP contribution < -0.4 is 0 Å². The molecule has 6 nitrogen and oxygen atoms in total. The SMILES string of the molecule is CCn1nc(C)cc1C(O)c1ccc(C(=O)OC)o1. The van der Waals surface area contributed by atoms with Gasteiger partial charge in [0.25, 0.3) is 0 Å². The van der Waals surface area contributed by atoms with E-state index in [-0.39, 0.29) is 11.5 Å². The van der Waals surface area contributed by atoms with Gasteiger partial charge in [-0.3, -0.25) is 4.68 Å². The molecule has 1 atom stereocenters. The summed E-state index contributed by atoms with van der Waals surface area (Å²) in [6.45, 7) is 4.43. The number of carbonyl (C=O) groups excluding carboxylic acids is 1. The zero-order valence-corrected chi connectivity index (χ0v) is 11.1. The molecule has 0 aliphatic carbocycles. The van der Waals surface area contributed by atoms with E-state index in [0.29, 0.717) is 12.2 Å². The van der Waals surface area contributed by atoms with E-state index in [2.05, 4.69) is 9.84 Å². The van der Waals surface area contributed by atoms with Crippen molar-refractivity contribution >= 4 is 5.97 Å². The van der Waals surface area contributed by atoms with Crippen LogP contribution >= 0.6 is 0 Å². The van der Waals surface area contributed by atoms with E-state index in [1.165, 1.54) is 13.2 Å². The highest BCUT2D eigenvalue weighted by Gasteiger charge is 2.21. The van der Waals surface area contributed by atoms with Crippen molar-refractivity contribution in [3.63, 3.8) is 0 Å². The molecule has 0 fully saturated rings. The molecular weight excluding hydrogens is 248 g/mol. The van der Waals surface area contributed by atoms with Gasteiger partial charge in [-0.05, 0) is 32.0 Å². The molecule has 0 bridgehead atoms. The van der Waals surface area contributed by atoms with Gasteiger partial charge >= 0.3 is 5.97 Å². The number of rotatable bonds is 4. The lowest BCUT2D eigenvalue weighted by Crippen LogP contribution is -2.08. The minimum Gasteiger partial charge on any atom is -0.463 e. The van der Waals surface area contributed by atoms with Gasteiger partial charge in [0.15, 0.2) is 6.10 Å². The van der Waals surface area contributed by atoms with Crippen LogP contribution in [0.2, 0.25) is 0 Å². The molecule has 0 aliphatic rings. The van der Waals surface area contributed by atoms with E-state index < -0.39 is 12.1 Å². The second kappa shape index (κ2) is 5.27. The molecule has 0 aromatic carbocycles. The van der Waals surface area contributed by atoms with Gasteiger partial charge in [-0.25, -0.2) is 4.79 Å². The maximum Gasteiger partial charge on any atom is 0.373 e. The Labute approximate surface area is 110 Å². The zero-order chi connectivity index (χ0) is 14.0. The number of aliphatic hydroxyl groups is 1. The average Bonchev–Trinajstić information content (AvgIpc) is 3.03. The molecule has 0 amide bonds. The van der Waals surface area contributed by atoms with Gasteiger partial charge < -0.3 is 14.3 Å². The van der Waals surface area contributed by atoms with E-state index in [1.54, 1.807) is 16.8 Å². The number of furan rings is 1. The molecule has 2 heterocycles. The molecule has 1 N–H and O–H groups in total. The first kappa shape index (κ1) is 13.4. The molecule has 102 valence electrons. The molecule has 2 aromatic rings. The first-order valence-electron chi connectivity index (χ1n) is 5.97. The highest BCUT2D eigenvalue weighted by atomic mass is 16.5. The number of ether oxygens (including phenoxy) is 1. The fourth-order valence-corrected chi connectivity index (χ4v) is 1.89. The summed E-state index contributed by atoms with van der Waals surface area (Å²) in [5.74, 6) is -0.218. The van der Waals surface area contributed by atoms with E-state index >= 15 is 0 Å². The van der Waals surface area contributed by atoms with E-state index in [4.69, 9.17) is 4.42 Å². The Bertz CT molecular complexity index is 585. The molecule has 0 saturated heterocycles. The van der Waals surface area contributed by atoms with Gasteiger partial charge in [0, 0.05) is 6.54 Å². The van der Waals surface area contributed by atoms with Crippen molar-refractivity contribution in [1.82, 2.24) is 9.78 Å². The molecule has 0 saturated carbocycles. The number of aryl methyl sites for hydroxylation is 2. The van der Waals surface area contributed by atoms with Gasteiger partial charge in [0.2, 0.25) is 5.76 Å². The molecule has 0 aliphatic heterocycles. The van der Waals surface area contributed by atoms with Crippen LogP contribution in [-0.2, 0) is 11.3 Å². The molecule has 1 unspecified atom stereocenters. The van der Waals surface area contributed by atoms with Crippen molar-refractivity contribution in [3.05, 3.63) is 41.1 Å². The van der Waals surface area contributed by atoms with Crippen molar-refractivity contribution in [2.24, 2.45) is 0 Å². The molecule has 2 aromatic heterocycles. The lowest BCUT2D eigenvalue weighted by Gasteiger charge is -2.09. The van der Waals surface area contributed by atoms with Crippen molar-refractivity contribution < 1.29 is 19.1 Å². The highest BCUT2D eigenvalue weighted by molar-refractivity contribution is 5.86. The van der Waals surface area contributed by atoms with Crippen LogP contribution in [0.15, 0.2) is 22.6 Å². The first-order valence-corrected chi connectivity index (χ1v) is 5.97. The Morgan fingerprint density at radius 3 is 2.95 bits per heavy atom. The van der Waals surface area contributed by atoms with Crippen LogP contribution in [0.4, 0.5) is 0 Å². The minimum absolute atomic E-state index is 0.0656.